The van der Waals surface area contributed by atoms with Gasteiger partial charge in [0, 0.05) is 62.2 Å². The maximum Gasteiger partial charge on any atom is 0.238 e. The molecule has 0 fully saturated rings. The van der Waals surface area contributed by atoms with Crippen molar-refractivity contribution in [3.63, 3.8) is 0 Å². The predicted molar refractivity (Wildman–Crippen MR) is 216 cm³/mol. The Bertz CT molecular complexity index is 3150. The summed E-state index contributed by atoms with van der Waals surface area (Å²) < 4.78 is 7.26. The number of fused-ring (bicyclic) bond motifs is 9. The first-order chi connectivity index (χ1) is 25.3. The molecule has 0 saturated carbocycles. The van der Waals surface area contributed by atoms with Gasteiger partial charge >= 0.3 is 0 Å². The van der Waals surface area contributed by atoms with Gasteiger partial charge in [0.1, 0.15) is 0 Å². The Kier molecular flexibility index (Phi) is 6.26. The molecule has 0 aliphatic heterocycles. The van der Waals surface area contributed by atoms with Crippen molar-refractivity contribution in [3.8, 4) is 39.9 Å². The summed E-state index contributed by atoms with van der Waals surface area (Å²) in [7, 11) is 0. The molecule has 7 aromatic carbocycles. The molecular formula is C45H26N4S2. The zero-order valence-electron chi connectivity index (χ0n) is 27.1. The van der Waals surface area contributed by atoms with Gasteiger partial charge in [0.2, 0.25) is 5.95 Å². The van der Waals surface area contributed by atoms with Crippen LogP contribution in [0.1, 0.15) is 0 Å². The zero-order valence-corrected chi connectivity index (χ0v) is 28.7. The Morgan fingerprint density at radius 1 is 0.373 bits per heavy atom. The Morgan fingerprint density at radius 3 is 1.69 bits per heavy atom. The van der Waals surface area contributed by atoms with Crippen LogP contribution < -0.4 is 0 Å². The van der Waals surface area contributed by atoms with Gasteiger partial charge in [-0.2, -0.15) is 9.97 Å². The van der Waals surface area contributed by atoms with Crippen molar-refractivity contribution < 1.29 is 0 Å². The molecule has 11 rings (SSSR count). The molecule has 11 aromatic rings. The highest BCUT2D eigenvalue weighted by molar-refractivity contribution is 7.26. The molecule has 4 nitrogen and oxygen atoms in total. The Morgan fingerprint density at radius 2 is 0.941 bits per heavy atom. The summed E-state index contributed by atoms with van der Waals surface area (Å²) in [6.45, 7) is 0. The van der Waals surface area contributed by atoms with Gasteiger partial charge in [-0.25, -0.2) is 4.98 Å². The molecule has 0 aliphatic rings. The monoisotopic (exact) mass is 686 g/mol. The normalized spacial score (nSPS) is 11.9. The third-order valence-electron chi connectivity index (χ3n) is 9.89. The highest BCUT2D eigenvalue weighted by atomic mass is 32.1. The van der Waals surface area contributed by atoms with Crippen molar-refractivity contribution in [2.45, 2.75) is 0 Å². The molecular weight excluding hydrogens is 661 g/mol. The lowest BCUT2D eigenvalue weighted by molar-refractivity contribution is 0.954. The lowest BCUT2D eigenvalue weighted by atomic mass is 10.0. The number of rotatable bonds is 4. The number of para-hydroxylation sites is 1. The maximum absolute atomic E-state index is 5.29. The molecule has 0 unspecified atom stereocenters. The van der Waals surface area contributed by atoms with E-state index in [-0.39, 0.29) is 0 Å². The van der Waals surface area contributed by atoms with E-state index in [9.17, 15) is 0 Å². The summed E-state index contributed by atoms with van der Waals surface area (Å²) in [5.41, 5.74) is 6.51. The Labute approximate surface area is 300 Å². The van der Waals surface area contributed by atoms with Gasteiger partial charge in [-0.15, -0.1) is 22.7 Å². The summed E-state index contributed by atoms with van der Waals surface area (Å²) >= 11 is 3.65. The molecule has 4 aromatic heterocycles. The van der Waals surface area contributed by atoms with Gasteiger partial charge < -0.3 is 0 Å². The molecule has 6 heteroatoms. The van der Waals surface area contributed by atoms with Crippen LogP contribution in [0.15, 0.2) is 158 Å². The van der Waals surface area contributed by atoms with E-state index in [1.165, 1.54) is 51.5 Å². The van der Waals surface area contributed by atoms with Gasteiger partial charge in [0.05, 0.1) is 11.0 Å². The fraction of sp³-hybridized carbons (Fsp3) is 0. The summed E-state index contributed by atoms with van der Waals surface area (Å²) in [6, 6.07) is 56.0. The SMILES string of the molecule is c1ccc(-c2nc(-c3cccc4c3sc3ccccc34)nc(-n3c4ccccc4c4cc(-c5cccc6c5sc5ccccc56)ccc43)n2)cc1. The van der Waals surface area contributed by atoms with E-state index in [4.69, 9.17) is 15.0 Å². The first-order valence-electron chi connectivity index (χ1n) is 16.9. The smallest absolute Gasteiger partial charge is 0.238 e. The summed E-state index contributed by atoms with van der Waals surface area (Å²) in [5.74, 6) is 1.91. The van der Waals surface area contributed by atoms with Crippen LogP contribution in [0.3, 0.4) is 0 Å². The molecule has 0 saturated heterocycles. The number of thiophene rings is 2. The van der Waals surface area contributed by atoms with E-state index in [2.05, 4.69) is 144 Å². The minimum Gasteiger partial charge on any atom is -0.278 e. The fourth-order valence-electron chi connectivity index (χ4n) is 7.56. The third-order valence-corrected chi connectivity index (χ3v) is 12.3. The van der Waals surface area contributed by atoms with E-state index in [0.29, 0.717) is 17.6 Å². The van der Waals surface area contributed by atoms with Gasteiger partial charge in [-0.05, 0) is 47.5 Å². The van der Waals surface area contributed by atoms with Crippen molar-refractivity contribution in [3.05, 3.63) is 158 Å². The fourth-order valence-corrected chi connectivity index (χ4v) is 10.0. The van der Waals surface area contributed by atoms with Crippen molar-refractivity contribution in [2.24, 2.45) is 0 Å². The minimum atomic E-state index is 0.600. The average Bonchev–Trinajstić information content (AvgIpc) is 3.87. The van der Waals surface area contributed by atoms with Crippen LogP contribution in [-0.4, -0.2) is 19.5 Å². The second-order valence-corrected chi connectivity index (χ2v) is 14.9. The first kappa shape index (κ1) is 28.6. The van der Waals surface area contributed by atoms with E-state index in [1.54, 1.807) is 11.3 Å². The number of hydrogen-bond donors (Lipinski definition) is 0. The molecule has 0 spiro atoms. The lowest BCUT2D eigenvalue weighted by Gasteiger charge is -2.11. The maximum atomic E-state index is 5.29. The highest BCUT2D eigenvalue weighted by Gasteiger charge is 2.20. The van der Waals surface area contributed by atoms with Crippen LogP contribution in [-0.2, 0) is 0 Å². The average molecular weight is 687 g/mol. The molecule has 238 valence electrons. The van der Waals surface area contributed by atoms with Crippen LogP contribution in [0.5, 0.6) is 0 Å². The van der Waals surface area contributed by atoms with Crippen LogP contribution in [0.4, 0.5) is 0 Å². The topological polar surface area (TPSA) is 43.6 Å². The molecule has 51 heavy (non-hydrogen) atoms. The second-order valence-electron chi connectivity index (χ2n) is 12.8. The Hall–Kier alpha value is -6.21. The summed E-state index contributed by atoms with van der Waals surface area (Å²) in [6.07, 6.45) is 0. The lowest BCUT2D eigenvalue weighted by Crippen LogP contribution is -2.06. The number of hydrogen-bond acceptors (Lipinski definition) is 5. The van der Waals surface area contributed by atoms with Crippen LogP contribution in [0.2, 0.25) is 0 Å². The van der Waals surface area contributed by atoms with E-state index < -0.39 is 0 Å². The van der Waals surface area contributed by atoms with E-state index in [1.807, 2.05) is 29.5 Å². The molecule has 4 heterocycles. The van der Waals surface area contributed by atoms with Gasteiger partial charge in [-0.1, -0.05) is 121 Å². The first-order valence-corrected chi connectivity index (χ1v) is 18.6. The third kappa shape index (κ3) is 4.40. The second kappa shape index (κ2) is 11.2. The van der Waals surface area contributed by atoms with Gasteiger partial charge in [0.25, 0.3) is 0 Å². The molecule has 0 N–H and O–H groups in total. The Balaban J connectivity index is 1.16. The summed E-state index contributed by atoms with van der Waals surface area (Å²) in [5, 5.41) is 7.40. The standard InChI is InChI=1S/C45H26N4S2/c1-2-12-27(13-3-1)43-46-44(35-20-11-19-34-32-16-6-9-23-40(32)51-42(34)35)48-45(47-43)49-37-21-7-4-14-30(37)36-26-28(24-25-38(36)49)29-17-10-18-33-31-15-5-8-22-39(31)50-41(29)33/h1-26H. The molecule has 0 amide bonds. The molecule has 0 atom stereocenters. The number of nitrogens with zero attached hydrogens (tertiary/aromatic N) is 4. The quantitative estimate of drug-likeness (QED) is 0.185. The van der Waals surface area contributed by atoms with E-state index >= 15 is 0 Å². The van der Waals surface area contributed by atoms with Crippen LogP contribution >= 0.6 is 22.7 Å². The summed E-state index contributed by atoms with van der Waals surface area (Å²) in [4.78, 5) is 15.6. The van der Waals surface area contributed by atoms with Crippen LogP contribution in [0, 0.1) is 0 Å². The van der Waals surface area contributed by atoms with Gasteiger partial charge in [0.15, 0.2) is 11.6 Å². The molecule has 0 bridgehead atoms. The van der Waals surface area contributed by atoms with Crippen molar-refractivity contribution >= 4 is 84.8 Å². The highest BCUT2D eigenvalue weighted by Crippen LogP contribution is 2.43. The largest absolute Gasteiger partial charge is 0.278 e. The van der Waals surface area contributed by atoms with Crippen molar-refractivity contribution in [2.75, 3.05) is 0 Å². The van der Waals surface area contributed by atoms with Gasteiger partial charge in [-0.3, -0.25) is 4.57 Å². The predicted octanol–water partition coefficient (Wildman–Crippen LogP) is 12.7. The zero-order chi connectivity index (χ0) is 33.5. The van der Waals surface area contributed by atoms with Crippen molar-refractivity contribution in [1.82, 2.24) is 19.5 Å². The van der Waals surface area contributed by atoms with E-state index in [0.717, 1.165) is 32.9 Å². The number of benzene rings is 7. The molecule has 0 aliphatic carbocycles. The van der Waals surface area contributed by atoms with Crippen molar-refractivity contribution in [1.29, 1.82) is 0 Å². The number of aromatic nitrogens is 4. The van der Waals surface area contributed by atoms with Crippen LogP contribution in [0.25, 0.3) is 102 Å². The molecule has 0 radical (unpaired) electrons. The minimum absolute atomic E-state index is 0.600.